The van der Waals surface area contributed by atoms with Crippen LogP contribution in [0.1, 0.15) is 18.4 Å². The lowest BCUT2D eigenvalue weighted by atomic mass is 9.98. The number of amides is 1. The minimum absolute atomic E-state index is 0.0801. The van der Waals surface area contributed by atoms with Crippen LogP contribution in [0.2, 0.25) is 5.02 Å². The van der Waals surface area contributed by atoms with Gasteiger partial charge in [-0.05, 0) is 94.3 Å². The average Bonchev–Trinajstić information content (AvgIpc) is 2.92. The van der Waals surface area contributed by atoms with Crippen LogP contribution in [0.3, 0.4) is 0 Å². The van der Waals surface area contributed by atoms with Crippen LogP contribution >= 0.6 is 23.4 Å². The molecule has 1 amide bonds. The van der Waals surface area contributed by atoms with E-state index < -0.39 is 17.3 Å². The van der Waals surface area contributed by atoms with Crippen molar-refractivity contribution in [3.8, 4) is 16.9 Å². The van der Waals surface area contributed by atoms with Crippen molar-refractivity contribution in [2.45, 2.75) is 28.8 Å². The van der Waals surface area contributed by atoms with Gasteiger partial charge in [-0.3, -0.25) is 9.59 Å². The van der Waals surface area contributed by atoms with Crippen LogP contribution in [0.25, 0.3) is 22.0 Å². The molecule has 7 nitrogen and oxygen atoms in total. The van der Waals surface area contributed by atoms with Crippen molar-refractivity contribution >= 4 is 45.9 Å². The Morgan fingerprint density at radius 1 is 1.05 bits per heavy atom. The standard InChI is InChI=1S/C30H30ClF3N4O3S/c1-38(2)15-3-13-35-14-12-26(40)36-20-6-8-21(9-7-20)42-28-27(23-17-19(31)5-11-25(23)39)22-16-18(30(32,33)34)4-10-24(22)37-29(28)41/h4-11,16-17,35,39H,3,12-15H2,1-2H3,(H,36,40)(H,37,41). The lowest BCUT2D eigenvalue weighted by Gasteiger charge is -2.16. The molecule has 0 atom stereocenters. The zero-order valence-corrected chi connectivity index (χ0v) is 24.5. The van der Waals surface area contributed by atoms with E-state index in [0.29, 0.717) is 23.5 Å². The lowest BCUT2D eigenvalue weighted by Crippen LogP contribution is -2.25. The summed E-state index contributed by atoms with van der Waals surface area (Å²) in [6.45, 7) is 2.33. The molecule has 3 aromatic carbocycles. The summed E-state index contributed by atoms with van der Waals surface area (Å²) in [6.07, 6.45) is -3.33. The molecule has 42 heavy (non-hydrogen) atoms. The Balaban J connectivity index is 1.59. The van der Waals surface area contributed by atoms with E-state index in [2.05, 4.69) is 20.5 Å². The first-order valence-corrected chi connectivity index (χ1v) is 14.3. The zero-order valence-electron chi connectivity index (χ0n) is 22.9. The molecule has 4 rings (SSSR count). The molecule has 0 aliphatic rings. The fourth-order valence-electron chi connectivity index (χ4n) is 4.32. The number of H-pyrrole nitrogens is 1. The summed E-state index contributed by atoms with van der Waals surface area (Å²) in [5.74, 6) is -0.392. The van der Waals surface area contributed by atoms with E-state index in [0.717, 1.165) is 43.4 Å². The molecule has 0 fully saturated rings. The Kier molecular flexibility index (Phi) is 10.2. The number of nitrogens with one attached hydrogen (secondary N) is 3. The maximum absolute atomic E-state index is 13.6. The van der Waals surface area contributed by atoms with Crippen LogP contribution in [0.15, 0.2) is 75.2 Å². The van der Waals surface area contributed by atoms with Crippen LogP contribution < -0.4 is 16.2 Å². The number of phenolic OH excluding ortho intramolecular Hbond substituents is 1. The van der Waals surface area contributed by atoms with E-state index >= 15 is 0 Å². The number of alkyl halides is 3. The number of rotatable bonds is 11. The molecule has 4 N–H and O–H groups in total. The fraction of sp³-hybridized carbons (Fsp3) is 0.267. The predicted octanol–water partition coefficient (Wildman–Crippen LogP) is 6.59. The van der Waals surface area contributed by atoms with E-state index in [1.165, 1.54) is 24.3 Å². The van der Waals surface area contributed by atoms with Gasteiger partial charge in [-0.1, -0.05) is 23.4 Å². The van der Waals surface area contributed by atoms with Crippen LogP contribution in [-0.2, 0) is 11.0 Å². The van der Waals surface area contributed by atoms with E-state index in [4.69, 9.17) is 11.6 Å². The number of aromatic nitrogens is 1. The van der Waals surface area contributed by atoms with Crippen molar-refractivity contribution in [3.63, 3.8) is 0 Å². The van der Waals surface area contributed by atoms with Crippen molar-refractivity contribution in [1.29, 1.82) is 0 Å². The topological polar surface area (TPSA) is 97.5 Å². The molecule has 0 aliphatic carbocycles. The number of hydrogen-bond acceptors (Lipinski definition) is 6. The molecule has 4 aromatic rings. The molecule has 0 bridgehead atoms. The number of anilines is 1. The van der Waals surface area contributed by atoms with Gasteiger partial charge < -0.3 is 25.6 Å². The van der Waals surface area contributed by atoms with Gasteiger partial charge >= 0.3 is 6.18 Å². The lowest BCUT2D eigenvalue weighted by molar-refractivity contribution is -0.137. The molecule has 0 unspecified atom stereocenters. The molecule has 12 heteroatoms. The summed E-state index contributed by atoms with van der Waals surface area (Å²) in [5, 5.41) is 17.1. The van der Waals surface area contributed by atoms with Gasteiger partial charge in [0.1, 0.15) is 5.75 Å². The van der Waals surface area contributed by atoms with Crippen LogP contribution in [0.5, 0.6) is 5.75 Å². The summed E-state index contributed by atoms with van der Waals surface area (Å²) in [4.78, 5) is 31.0. The average molecular weight is 619 g/mol. The first kappa shape index (κ1) is 31.4. The van der Waals surface area contributed by atoms with Crippen molar-refractivity contribution in [2.24, 2.45) is 0 Å². The van der Waals surface area contributed by atoms with Crippen LogP contribution in [0.4, 0.5) is 18.9 Å². The number of nitrogens with zero attached hydrogens (tertiary/aromatic N) is 1. The molecule has 1 aromatic heterocycles. The highest BCUT2D eigenvalue weighted by atomic mass is 35.5. The van der Waals surface area contributed by atoms with Crippen molar-refractivity contribution in [1.82, 2.24) is 15.2 Å². The number of hydrogen-bond donors (Lipinski definition) is 4. The van der Waals surface area contributed by atoms with Crippen LogP contribution in [-0.4, -0.2) is 54.6 Å². The number of carbonyl (C=O) groups is 1. The van der Waals surface area contributed by atoms with E-state index in [-0.39, 0.29) is 43.6 Å². The van der Waals surface area contributed by atoms with Gasteiger partial charge in [0.15, 0.2) is 0 Å². The maximum atomic E-state index is 13.6. The Morgan fingerprint density at radius 2 is 1.79 bits per heavy atom. The van der Waals surface area contributed by atoms with E-state index in [1.807, 2.05) is 14.1 Å². The van der Waals surface area contributed by atoms with Gasteiger partial charge in [0.25, 0.3) is 5.56 Å². The third-order valence-electron chi connectivity index (χ3n) is 6.37. The van der Waals surface area contributed by atoms with Gasteiger partial charge in [0, 0.05) is 50.6 Å². The monoisotopic (exact) mass is 618 g/mol. The van der Waals surface area contributed by atoms with Gasteiger partial charge in [0.2, 0.25) is 5.91 Å². The smallest absolute Gasteiger partial charge is 0.416 e. The summed E-state index contributed by atoms with van der Waals surface area (Å²) >= 11 is 7.20. The molecule has 0 radical (unpaired) electrons. The third-order valence-corrected chi connectivity index (χ3v) is 7.71. The highest BCUT2D eigenvalue weighted by Crippen LogP contribution is 2.43. The van der Waals surface area contributed by atoms with Gasteiger partial charge in [-0.2, -0.15) is 13.2 Å². The Morgan fingerprint density at radius 3 is 2.48 bits per heavy atom. The molecule has 1 heterocycles. The molecule has 222 valence electrons. The van der Waals surface area contributed by atoms with Crippen molar-refractivity contribution in [2.75, 3.05) is 39.0 Å². The molecule has 0 saturated carbocycles. The highest BCUT2D eigenvalue weighted by Gasteiger charge is 2.31. The normalized spacial score (nSPS) is 11.8. The first-order valence-electron chi connectivity index (χ1n) is 13.1. The second-order valence-electron chi connectivity index (χ2n) is 9.91. The molecule has 0 saturated heterocycles. The predicted molar refractivity (Wildman–Crippen MR) is 162 cm³/mol. The third kappa shape index (κ3) is 8.07. The number of carbonyl (C=O) groups excluding carboxylic acids is 1. The quantitative estimate of drug-likeness (QED) is 0.142. The molecule has 0 aliphatic heterocycles. The molecular weight excluding hydrogens is 589 g/mol. The van der Waals surface area contributed by atoms with E-state index in [9.17, 15) is 27.9 Å². The van der Waals surface area contributed by atoms with Crippen molar-refractivity contribution in [3.05, 3.63) is 81.6 Å². The van der Waals surface area contributed by atoms with Crippen molar-refractivity contribution < 1.29 is 23.1 Å². The Labute approximate surface area is 250 Å². The molecule has 0 spiro atoms. The number of benzene rings is 3. The largest absolute Gasteiger partial charge is 0.507 e. The minimum Gasteiger partial charge on any atom is -0.507 e. The number of aromatic amines is 1. The van der Waals surface area contributed by atoms with Gasteiger partial charge in [0.05, 0.1) is 10.5 Å². The number of fused-ring (bicyclic) bond motifs is 1. The molecular formula is C30H30ClF3N4O3S. The minimum atomic E-state index is -4.62. The second kappa shape index (κ2) is 13.6. The van der Waals surface area contributed by atoms with Gasteiger partial charge in [-0.25, -0.2) is 0 Å². The maximum Gasteiger partial charge on any atom is 0.416 e. The van der Waals surface area contributed by atoms with E-state index in [1.54, 1.807) is 24.3 Å². The van der Waals surface area contributed by atoms with Gasteiger partial charge in [-0.15, -0.1) is 0 Å². The first-order chi connectivity index (χ1) is 19.9. The Bertz CT molecular complexity index is 1630. The zero-order chi connectivity index (χ0) is 30.4. The summed E-state index contributed by atoms with van der Waals surface area (Å²) in [6, 6.07) is 13.9. The second-order valence-corrected chi connectivity index (χ2v) is 11.4. The SMILES string of the molecule is CN(C)CCCNCCC(=O)Nc1ccc(Sc2c(-c3cc(Cl)ccc3O)c3cc(C(F)(F)F)ccc3[nH]c2=O)cc1. The van der Waals surface area contributed by atoms with Crippen LogP contribution in [0, 0.1) is 0 Å². The fourth-order valence-corrected chi connectivity index (χ4v) is 5.47. The number of pyridine rings is 1. The number of halogens is 4. The summed E-state index contributed by atoms with van der Waals surface area (Å²) in [5.41, 5.74) is -0.453. The summed E-state index contributed by atoms with van der Waals surface area (Å²) in [7, 11) is 4.01. The Hall–Kier alpha value is -3.51. The summed E-state index contributed by atoms with van der Waals surface area (Å²) < 4.78 is 40.8. The number of aromatic hydroxyl groups is 1. The highest BCUT2D eigenvalue weighted by molar-refractivity contribution is 7.99. The number of phenols is 1.